The summed E-state index contributed by atoms with van der Waals surface area (Å²) in [6.07, 6.45) is 0. The Morgan fingerprint density at radius 3 is 3.10 bits per heavy atom. The lowest BCUT2D eigenvalue weighted by atomic mass is 10.2. The third kappa shape index (κ3) is 4.69. The molecule has 0 aliphatic carbocycles. The van der Waals surface area contributed by atoms with Crippen LogP contribution in [0.5, 0.6) is 0 Å². The first-order valence-electron chi connectivity index (χ1n) is 7.21. The Kier molecular flexibility index (Phi) is 6.48. The summed E-state index contributed by atoms with van der Waals surface area (Å²) < 4.78 is 18.6. The van der Waals surface area contributed by atoms with Crippen LogP contribution >= 0.6 is 11.8 Å². The fourth-order valence-electron chi connectivity index (χ4n) is 2.32. The first-order chi connectivity index (χ1) is 10.2. The number of esters is 1. The van der Waals surface area contributed by atoms with Crippen LogP contribution in [0.2, 0.25) is 0 Å². The van der Waals surface area contributed by atoms with E-state index in [1.165, 1.54) is 17.8 Å². The molecule has 1 N–H and O–H groups in total. The van der Waals surface area contributed by atoms with Crippen LogP contribution in [0.4, 0.5) is 4.39 Å². The fraction of sp³-hybridized carbons (Fsp3) is 0.533. The smallest absolute Gasteiger partial charge is 0.324 e. The highest BCUT2D eigenvalue weighted by molar-refractivity contribution is 7.99. The van der Waals surface area contributed by atoms with Crippen molar-refractivity contribution in [2.45, 2.75) is 17.9 Å². The first kappa shape index (κ1) is 16.3. The maximum Gasteiger partial charge on any atom is 0.324 e. The zero-order chi connectivity index (χ0) is 15.1. The van der Waals surface area contributed by atoms with Crippen LogP contribution in [-0.2, 0) is 9.53 Å². The van der Waals surface area contributed by atoms with Crippen molar-refractivity contribution in [3.63, 3.8) is 0 Å². The van der Waals surface area contributed by atoms with Gasteiger partial charge in [-0.3, -0.25) is 9.69 Å². The van der Waals surface area contributed by atoms with E-state index in [0.29, 0.717) is 18.0 Å². The summed E-state index contributed by atoms with van der Waals surface area (Å²) >= 11 is 1.48. The highest BCUT2D eigenvalue weighted by Crippen LogP contribution is 2.21. The lowest BCUT2D eigenvalue weighted by Gasteiger charge is -2.34. The molecule has 1 heterocycles. The first-order valence-corrected chi connectivity index (χ1v) is 8.19. The number of rotatable bonds is 6. The summed E-state index contributed by atoms with van der Waals surface area (Å²) in [7, 11) is 0. The summed E-state index contributed by atoms with van der Waals surface area (Å²) in [5.41, 5.74) is 0. The van der Waals surface area contributed by atoms with E-state index < -0.39 is 0 Å². The van der Waals surface area contributed by atoms with Crippen molar-refractivity contribution in [3.8, 4) is 0 Å². The van der Waals surface area contributed by atoms with E-state index in [0.717, 1.165) is 25.4 Å². The molecule has 1 aromatic carbocycles. The van der Waals surface area contributed by atoms with Gasteiger partial charge in [-0.05, 0) is 19.1 Å². The number of halogens is 1. The monoisotopic (exact) mass is 312 g/mol. The third-order valence-corrected chi connectivity index (χ3v) is 4.41. The number of nitrogens with one attached hydrogen (secondary N) is 1. The Morgan fingerprint density at radius 2 is 2.33 bits per heavy atom. The molecule has 1 aliphatic rings. The lowest BCUT2D eigenvalue weighted by molar-refractivity contribution is -0.150. The molecule has 4 nitrogen and oxygen atoms in total. The molecular formula is C15H21FN2O2S. The van der Waals surface area contributed by atoms with Crippen LogP contribution in [0.15, 0.2) is 29.2 Å². The van der Waals surface area contributed by atoms with Crippen LogP contribution in [0.3, 0.4) is 0 Å². The number of nitrogens with zero attached hydrogens (tertiary/aromatic N) is 1. The van der Waals surface area contributed by atoms with Gasteiger partial charge in [-0.1, -0.05) is 12.1 Å². The maximum absolute atomic E-state index is 13.5. The Balaban J connectivity index is 1.85. The molecule has 0 amide bonds. The van der Waals surface area contributed by atoms with Gasteiger partial charge in [-0.2, -0.15) is 0 Å². The van der Waals surface area contributed by atoms with E-state index in [1.807, 2.05) is 13.0 Å². The van der Waals surface area contributed by atoms with Gasteiger partial charge in [0.1, 0.15) is 11.9 Å². The molecule has 0 bridgehead atoms. The van der Waals surface area contributed by atoms with Crippen molar-refractivity contribution in [2.24, 2.45) is 0 Å². The standard InChI is InChI=1S/C15H21FN2O2S/c1-2-20-15(19)13-11-17-7-8-18(13)9-10-21-14-6-4-3-5-12(14)16/h3-6,13,17H,2,7-11H2,1H3. The molecule has 1 saturated heterocycles. The molecule has 0 radical (unpaired) electrons. The fourth-order valence-corrected chi connectivity index (χ4v) is 3.25. The van der Waals surface area contributed by atoms with Crippen molar-refractivity contribution in [2.75, 3.05) is 38.5 Å². The Hall–Kier alpha value is -1.11. The van der Waals surface area contributed by atoms with Gasteiger partial charge in [-0.15, -0.1) is 11.8 Å². The summed E-state index contributed by atoms with van der Waals surface area (Å²) in [5.74, 6) is 0.377. The van der Waals surface area contributed by atoms with Crippen LogP contribution in [0.25, 0.3) is 0 Å². The van der Waals surface area contributed by atoms with E-state index in [1.54, 1.807) is 12.1 Å². The van der Waals surface area contributed by atoms with Crippen molar-refractivity contribution in [3.05, 3.63) is 30.1 Å². The molecule has 0 saturated carbocycles. The number of carbonyl (C=O) groups excluding carboxylic acids is 1. The number of piperazine rings is 1. The van der Waals surface area contributed by atoms with Crippen LogP contribution in [-0.4, -0.2) is 55.4 Å². The van der Waals surface area contributed by atoms with Gasteiger partial charge in [0.15, 0.2) is 0 Å². The van der Waals surface area contributed by atoms with Gasteiger partial charge in [-0.25, -0.2) is 4.39 Å². The predicted molar refractivity (Wildman–Crippen MR) is 82.0 cm³/mol. The zero-order valence-electron chi connectivity index (χ0n) is 12.2. The number of thioether (sulfide) groups is 1. The predicted octanol–water partition coefficient (Wildman–Crippen LogP) is 1.75. The number of hydrogen-bond acceptors (Lipinski definition) is 5. The summed E-state index contributed by atoms with van der Waals surface area (Å²) in [5, 5.41) is 3.21. The van der Waals surface area contributed by atoms with Crippen molar-refractivity contribution in [1.82, 2.24) is 10.2 Å². The van der Waals surface area contributed by atoms with Gasteiger partial charge in [0.25, 0.3) is 0 Å². The minimum atomic E-state index is -0.236. The highest BCUT2D eigenvalue weighted by Gasteiger charge is 2.29. The van der Waals surface area contributed by atoms with E-state index in [-0.39, 0.29) is 17.8 Å². The summed E-state index contributed by atoms with van der Waals surface area (Å²) in [6.45, 7) is 5.23. The van der Waals surface area contributed by atoms with Crippen molar-refractivity contribution >= 4 is 17.7 Å². The minimum Gasteiger partial charge on any atom is -0.465 e. The molecule has 0 spiro atoms. The quantitative estimate of drug-likeness (QED) is 0.640. The molecule has 1 aliphatic heterocycles. The maximum atomic E-state index is 13.5. The number of hydrogen-bond donors (Lipinski definition) is 1. The molecule has 21 heavy (non-hydrogen) atoms. The second-order valence-corrected chi connectivity index (χ2v) is 5.92. The third-order valence-electron chi connectivity index (χ3n) is 3.39. The molecule has 1 aromatic rings. The summed E-state index contributed by atoms with van der Waals surface area (Å²) in [6, 6.07) is 6.53. The van der Waals surface area contributed by atoms with Crippen molar-refractivity contribution in [1.29, 1.82) is 0 Å². The number of benzene rings is 1. The average Bonchev–Trinajstić information content (AvgIpc) is 2.50. The molecule has 1 fully saturated rings. The average molecular weight is 312 g/mol. The zero-order valence-corrected chi connectivity index (χ0v) is 13.0. The molecule has 1 unspecified atom stereocenters. The highest BCUT2D eigenvalue weighted by atomic mass is 32.2. The van der Waals surface area contributed by atoms with E-state index in [2.05, 4.69) is 10.2 Å². The van der Waals surface area contributed by atoms with Crippen LogP contribution in [0, 0.1) is 5.82 Å². The second-order valence-electron chi connectivity index (χ2n) is 4.79. The van der Waals surface area contributed by atoms with Crippen LogP contribution < -0.4 is 5.32 Å². The van der Waals surface area contributed by atoms with E-state index in [4.69, 9.17) is 4.74 Å². The topological polar surface area (TPSA) is 41.6 Å². The van der Waals surface area contributed by atoms with Gasteiger partial charge in [0, 0.05) is 36.8 Å². The molecule has 6 heteroatoms. The SMILES string of the molecule is CCOC(=O)C1CNCCN1CCSc1ccccc1F. The molecule has 1 atom stereocenters. The van der Waals surface area contributed by atoms with E-state index in [9.17, 15) is 9.18 Å². The molecule has 2 rings (SSSR count). The molecule has 0 aromatic heterocycles. The number of ether oxygens (including phenoxy) is 1. The Morgan fingerprint density at radius 1 is 1.52 bits per heavy atom. The molecular weight excluding hydrogens is 291 g/mol. The second kappa shape index (κ2) is 8.36. The number of carbonyl (C=O) groups is 1. The van der Waals surface area contributed by atoms with E-state index >= 15 is 0 Å². The van der Waals surface area contributed by atoms with Crippen molar-refractivity contribution < 1.29 is 13.9 Å². The lowest BCUT2D eigenvalue weighted by Crippen LogP contribution is -2.55. The normalized spacial score (nSPS) is 19.4. The Labute approximate surface area is 129 Å². The van der Waals surface area contributed by atoms with Gasteiger partial charge in [0.05, 0.1) is 6.61 Å². The summed E-state index contributed by atoms with van der Waals surface area (Å²) in [4.78, 5) is 14.7. The van der Waals surface area contributed by atoms with Gasteiger partial charge >= 0.3 is 5.97 Å². The Bertz CT molecular complexity index is 473. The van der Waals surface area contributed by atoms with Gasteiger partial charge < -0.3 is 10.1 Å². The van der Waals surface area contributed by atoms with Gasteiger partial charge in [0.2, 0.25) is 0 Å². The molecule has 116 valence electrons. The van der Waals surface area contributed by atoms with Crippen LogP contribution in [0.1, 0.15) is 6.92 Å². The largest absolute Gasteiger partial charge is 0.465 e. The minimum absolute atomic E-state index is 0.180.